The zero-order chi connectivity index (χ0) is 17.0. The maximum Gasteiger partial charge on any atom is -0.0162 e. The van der Waals surface area contributed by atoms with Gasteiger partial charge in [0.1, 0.15) is 0 Å². The molecule has 3 rings (SSSR count). The minimum Gasteiger partial charge on any atom is -0.0654 e. The lowest BCUT2D eigenvalue weighted by molar-refractivity contribution is 0.443. The fourth-order valence-electron chi connectivity index (χ4n) is 3.84. The van der Waals surface area contributed by atoms with E-state index in [-0.39, 0.29) is 0 Å². The van der Waals surface area contributed by atoms with Gasteiger partial charge < -0.3 is 0 Å². The first kappa shape index (κ1) is 18.8. The van der Waals surface area contributed by atoms with Gasteiger partial charge in [-0.25, -0.2) is 0 Å². The molecule has 1 unspecified atom stereocenters. The highest BCUT2D eigenvalue weighted by molar-refractivity contribution is 5.20. The highest BCUT2D eigenvalue weighted by atomic mass is 14.2. The molecular formula is C24H34. The van der Waals surface area contributed by atoms with Crippen molar-refractivity contribution in [3.05, 3.63) is 71.8 Å². The second-order valence-electron chi connectivity index (χ2n) is 7.05. The smallest absolute Gasteiger partial charge is 0.0162 e. The van der Waals surface area contributed by atoms with Crippen molar-refractivity contribution in [2.45, 2.75) is 77.0 Å². The Labute approximate surface area is 149 Å². The Balaban J connectivity index is 0.000000174. The monoisotopic (exact) mass is 322 g/mol. The molecule has 1 aliphatic carbocycles. The van der Waals surface area contributed by atoms with Crippen LogP contribution in [0.3, 0.4) is 0 Å². The third kappa shape index (κ3) is 6.15. The van der Waals surface area contributed by atoms with Crippen LogP contribution in [0, 0.1) is 0 Å². The van der Waals surface area contributed by atoms with Gasteiger partial charge in [0.2, 0.25) is 0 Å². The van der Waals surface area contributed by atoms with E-state index in [1.807, 2.05) is 0 Å². The van der Waals surface area contributed by atoms with Crippen LogP contribution in [0.2, 0.25) is 0 Å². The van der Waals surface area contributed by atoms with Gasteiger partial charge in [0.15, 0.2) is 0 Å². The molecule has 0 heteroatoms. The molecule has 1 fully saturated rings. The summed E-state index contributed by atoms with van der Waals surface area (Å²) in [6, 6.07) is 21.8. The van der Waals surface area contributed by atoms with E-state index < -0.39 is 0 Å². The second kappa shape index (κ2) is 11.1. The Hall–Kier alpha value is -1.56. The first-order valence-corrected chi connectivity index (χ1v) is 9.95. The topological polar surface area (TPSA) is 0 Å². The van der Waals surface area contributed by atoms with Crippen molar-refractivity contribution < 1.29 is 0 Å². The zero-order valence-electron chi connectivity index (χ0n) is 15.6. The summed E-state index contributed by atoms with van der Waals surface area (Å²) < 4.78 is 0. The maximum absolute atomic E-state index is 2.27. The van der Waals surface area contributed by atoms with Crippen LogP contribution in [0.5, 0.6) is 0 Å². The molecule has 0 nitrogen and oxygen atoms in total. The van der Waals surface area contributed by atoms with E-state index in [4.69, 9.17) is 0 Å². The van der Waals surface area contributed by atoms with Crippen LogP contribution in [0.15, 0.2) is 60.7 Å². The Morgan fingerprint density at radius 3 is 1.92 bits per heavy atom. The van der Waals surface area contributed by atoms with Gasteiger partial charge in [0, 0.05) is 0 Å². The van der Waals surface area contributed by atoms with Gasteiger partial charge in [0.25, 0.3) is 0 Å². The first-order valence-electron chi connectivity index (χ1n) is 9.95. The summed E-state index contributed by atoms with van der Waals surface area (Å²) >= 11 is 0. The van der Waals surface area contributed by atoms with Crippen LogP contribution in [-0.4, -0.2) is 0 Å². The quantitative estimate of drug-likeness (QED) is 0.528. The van der Waals surface area contributed by atoms with Gasteiger partial charge in [-0.05, 0) is 48.6 Å². The molecule has 0 spiro atoms. The molecule has 0 aliphatic heterocycles. The molecule has 0 bridgehead atoms. The molecule has 1 aliphatic rings. The predicted molar refractivity (Wildman–Crippen MR) is 107 cm³/mol. The molecule has 2 aromatic carbocycles. The lowest BCUT2D eigenvalue weighted by atomic mass is 9.84. The average Bonchev–Trinajstić information content (AvgIpc) is 2.69. The number of benzene rings is 2. The number of rotatable bonds is 5. The van der Waals surface area contributed by atoms with Crippen LogP contribution < -0.4 is 0 Å². The van der Waals surface area contributed by atoms with E-state index in [2.05, 4.69) is 74.5 Å². The third-order valence-corrected chi connectivity index (χ3v) is 5.28. The van der Waals surface area contributed by atoms with E-state index in [1.54, 1.807) is 5.56 Å². The normalized spacial score (nSPS) is 16.1. The van der Waals surface area contributed by atoms with Gasteiger partial charge in [-0.2, -0.15) is 0 Å². The highest BCUT2D eigenvalue weighted by Crippen LogP contribution is 2.32. The molecule has 0 N–H and O–H groups in total. The summed E-state index contributed by atoms with van der Waals surface area (Å²) in [5, 5.41) is 0. The number of hydrogen-bond donors (Lipinski definition) is 0. The molecule has 24 heavy (non-hydrogen) atoms. The summed E-state index contributed by atoms with van der Waals surface area (Å²) in [6.07, 6.45) is 11.0. The van der Waals surface area contributed by atoms with Crippen molar-refractivity contribution in [1.82, 2.24) is 0 Å². The van der Waals surface area contributed by atoms with Crippen molar-refractivity contribution in [2.24, 2.45) is 0 Å². The average molecular weight is 323 g/mol. The van der Waals surface area contributed by atoms with Crippen molar-refractivity contribution in [2.75, 3.05) is 0 Å². The van der Waals surface area contributed by atoms with Gasteiger partial charge in [-0.3, -0.25) is 0 Å². The van der Waals surface area contributed by atoms with Gasteiger partial charge >= 0.3 is 0 Å². The Bertz CT molecular complexity index is 482. The van der Waals surface area contributed by atoms with Crippen LogP contribution in [0.1, 0.15) is 88.2 Å². The SMILES string of the molecule is CCCC(CC)c1ccccc1.c1ccc(C2CCCCC2)cc1. The van der Waals surface area contributed by atoms with Crippen LogP contribution in [0.4, 0.5) is 0 Å². The summed E-state index contributed by atoms with van der Waals surface area (Å²) in [5.74, 6) is 1.64. The largest absolute Gasteiger partial charge is 0.0654 e. The fourth-order valence-corrected chi connectivity index (χ4v) is 3.84. The molecule has 1 saturated carbocycles. The van der Waals surface area contributed by atoms with Gasteiger partial charge in [0.05, 0.1) is 0 Å². The summed E-state index contributed by atoms with van der Waals surface area (Å²) in [5.41, 5.74) is 3.05. The second-order valence-corrected chi connectivity index (χ2v) is 7.05. The maximum atomic E-state index is 2.27. The van der Waals surface area contributed by atoms with Gasteiger partial charge in [-0.15, -0.1) is 0 Å². The molecule has 1 atom stereocenters. The third-order valence-electron chi connectivity index (χ3n) is 5.28. The molecule has 0 radical (unpaired) electrons. The molecular weight excluding hydrogens is 288 g/mol. The van der Waals surface area contributed by atoms with E-state index >= 15 is 0 Å². The molecule has 0 saturated heterocycles. The Kier molecular flexibility index (Phi) is 8.66. The molecule has 0 heterocycles. The molecule has 0 aromatic heterocycles. The standard InChI is InChI=1S/C12H16.C12H18/c1-3-7-11(8-4-1)12-9-5-2-6-10-12;1-3-8-11(4-2)12-9-6-5-7-10-12/h1,3-4,7-8,12H,2,5-6,9-10H2;5-7,9-11H,3-4,8H2,1-2H3. The van der Waals surface area contributed by atoms with E-state index in [0.717, 1.165) is 11.8 Å². The van der Waals surface area contributed by atoms with E-state index in [1.165, 1.54) is 56.9 Å². The molecule has 2 aromatic rings. The van der Waals surface area contributed by atoms with E-state index in [0.29, 0.717) is 0 Å². The predicted octanol–water partition coefficient (Wildman–Crippen LogP) is 7.71. The van der Waals surface area contributed by atoms with Crippen LogP contribution >= 0.6 is 0 Å². The van der Waals surface area contributed by atoms with Gasteiger partial charge in [-0.1, -0.05) is 100 Å². The van der Waals surface area contributed by atoms with Crippen molar-refractivity contribution >= 4 is 0 Å². The minimum absolute atomic E-state index is 0.774. The van der Waals surface area contributed by atoms with Crippen LogP contribution in [-0.2, 0) is 0 Å². The molecule has 130 valence electrons. The molecule has 0 amide bonds. The Morgan fingerprint density at radius 2 is 1.38 bits per heavy atom. The van der Waals surface area contributed by atoms with Crippen molar-refractivity contribution in [3.63, 3.8) is 0 Å². The minimum atomic E-state index is 0.774. The van der Waals surface area contributed by atoms with Crippen molar-refractivity contribution in [1.29, 1.82) is 0 Å². The lowest BCUT2D eigenvalue weighted by Gasteiger charge is -2.21. The number of hydrogen-bond acceptors (Lipinski definition) is 0. The van der Waals surface area contributed by atoms with Crippen molar-refractivity contribution in [3.8, 4) is 0 Å². The lowest BCUT2D eigenvalue weighted by Crippen LogP contribution is -2.03. The first-order chi connectivity index (χ1) is 11.8. The van der Waals surface area contributed by atoms with E-state index in [9.17, 15) is 0 Å². The van der Waals surface area contributed by atoms with Crippen LogP contribution in [0.25, 0.3) is 0 Å². The fraction of sp³-hybridized carbons (Fsp3) is 0.500. The summed E-state index contributed by atoms with van der Waals surface area (Å²) in [6.45, 7) is 4.53. The summed E-state index contributed by atoms with van der Waals surface area (Å²) in [4.78, 5) is 0. The highest BCUT2D eigenvalue weighted by Gasteiger charge is 2.14. The zero-order valence-corrected chi connectivity index (χ0v) is 15.6. The summed E-state index contributed by atoms with van der Waals surface area (Å²) in [7, 11) is 0. The Morgan fingerprint density at radius 1 is 0.792 bits per heavy atom.